The van der Waals surface area contributed by atoms with Crippen molar-refractivity contribution in [1.29, 1.82) is 0 Å². The molecule has 8 nitrogen and oxygen atoms in total. The fourth-order valence-electron chi connectivity index (χ4n) is 5.49. The first-order chi connectivity index (χ1) is 20.1. The number of unbranched alkanes of at least 4 members (excludes halogenated alkanes) is 1. The van der Waals surface area contributed by atoms with Gasteiger partial charge in [-0.05, 0) is 66.6 Å². The number of anilines is 2. The molecule has 0 saturated carbocycles. The first-order valence-corrected chi connectivity index (χ1v) is 15.6. The van der Waals surface area contributed by atoms with Crippen LogP contribution in [0.5, 0.6) is 11.6 Å². The first kappa shape index (κ1) is 29.1. The van der Waals surface area contributed by atoms with Gasteiger partial charge in [-0.15, -0.1) is 0 Å². The largest absolute Gasteiger partial charge is 0.504 e. The predicted octanol–water partition coefficient (Wildman–Crippen LogP) is 6.12. The van der Waals surface area contributed by atoms with Crippen LogP contribution in [-0.4, -0.2) is 55.1 Å². The Morgan fingerprint density at radius 3 is 2.38 bits per heavy atom. The van der Waals surface area contributed by atoms with E-state index in [4.69, 9.17) is 0 Å². The summed E-state index contributed by atoms with van der Waals surface area (Å²) in [6, 6.07) is 21.1. The topological polar surface area (TPSA) is 111 Å². The zero-order valence-corrected chi connectivity index (χ0v) is 24.9. The number of benzene rings is 3. The Labute approximate surface area is 246 Å². The second-order valence-electron chi connectivity index (χ2n) is 10.7. The summed E-state index contributed by atoms with van der Waals surface area (Å²) in [5.41, 5.74) is 4.59. The van der Waals surface area contributed by atoms with E-state index in [-0.39, 0.29) is 10.8 Å². The molecule has 0 aliphatic carbocycles. The molecule has 2 N–H and O–H groups in total. The molecule has 1 aliphatic heterocycles. The zero-order chi connectivity index (χ0) is 30.0. The molecule has 4 aromatic rings. The van der Waals surface area contributed by atoms with E-state index in [9.17, 15) is 23.4 Å². The SMILES string of the molecule is CCCCc1nc(O)c(S(=O)(=O)c2ccc(-c3ccccc3C(=O)N(C)C)cc2)c(O)c1N1CCCc2ccccc21. The molecule has 1 amide bonds. The molecule has 1 aliphatic rings. The monoisotopic (exact) mass is 585 g/mol. The molecule has 0 saturated heterocycles. The van der Waals surface area contributed by atoms with Crippen molar-refractivity contribution in [1.82, 2.24) is 9.88 Å². The van der Waals surface area contributed by atoms with E-state index in [0.717, 1.165) is 36.9 Å². The van der Waals surface area contributed by atoms with E-state index in [0.29, 0.717) is 41.0 Å². The van der Waals surface area contributed by atoms with Crippen LogP contribution < -0.4 is 4.90 Å². The lowest BCUT2D eigenvalue weighted by molar-refractivity contribution is 0.0828. The predicted molar refractivity (Wildman–Crippen MR) is 163 cm³/mol. The van der Waals surface area contributed by atoms with Gasteiger partial charge in [-0.25, -0.2) is 13.4 Å². The molecule has 1 aromatic heterocycles. The molecule has 0 radical (unpaired) electrons. The molecule has 0 bridgehead atoms. The molecule has 0 fully saturated rings. The minimum atomic E-state index is -4.38. The van der Waals surface area contributed by atoms with Crippen LogP contribution in [0.4, 0.5) is 11.4 Å². The Bertz CT molecular complexity index is 1730. The van der Waals surface area contributed by atoms with Crippen LogP contribution in [0.25, 0.3) is 11.1 Å². The van der Waals surface area contributed by atoms with Gasteiger partial charge in [0.05, 0.1) is 10.6 Å². The van der Waals surface area contributed by atoms with Gasteiger partial charge in [-0.3, -0.25) is 4.79 Å². The van der Waals surface area contributed by atoms with Gasteiger partial charge in [0.1, 0.15) is 5.69 Å². The number of sulfone groups is 1. The minimum absolute atomic E-state index is 0.110. The number of aromatic hydroxyl groups is 2. The van der Waals surface area contributed by atoms with E-state index in [1.54, 1.807) is 44.4 Å². The quantitative estimate of drug-likeness (QED) is 0.256. The lowest BCUT2D eigenvalue weighted by Gasteiger charge is -2.33. The van der Waals surface area contributed by atoms with Crippen LogP contribution in [0.2, 0.25) is 0 Å². The van der Waals surface area contributed by atoms with Gasteiger partial charge in [-0.1, -0.05) is 61.9 Å². The highest BCUT2D eigenvalue weighted by molar-refractivity contribution is 7.91. The van der Waals surface area contributed by atoms with Crippen LogP contribution >= 0.6 is 0 Å². The molecule has 5 rings (SSSR count). The fourth-order valence-corrected chi connectivity index (χ4v) is 6.86. The number of aryl methyl sites for hydroxylation is 2. The van der Waals surface area contributed by atoms with Crippen LogP contribution in [0.1, 0.15) is 47.8 Å². The number of rotatable bonds is 8. The van der Waals surface area contributed by atoms with Crippen molar-refractivity contribution >= 4 is 27.1 Å². The number of fused-ring (bicyclic) bond motifs is 1. The number of carbonyl (C=O) groups excluding carboxylic acids is 1. The van der Waals surface area contributed by atoms with Gasteiger partial charge >= 0.3 is 0 Å². The number of aromatic nitrogens is 1. The summed E-state index contributed by atoms with van der Waals surface area (Å²) in [4.78, 5) is 19.8. The van der Waals surface area contributed by atoms with Crippen molar-refractivity contribution in [2.75, 3.05) is 25.5 Å². The van der Waals surface area contributed by atoms with Crippen molar-refractivity contribution in [3.05, 3.63) is 89.6 Å². The van der Waals surface area contributed by atoms with Crippen LogP contribution in [0.15, 0.2) is 82.6 Å². The molecule has 42 heavy (non-hydrogen) atoms. The van der Waals surface area contributed by atoms with Crippen LogP contribution in [0.3, 0.4) is 0 Å². The summed E-state index contributed by atoms with van der Waals surface area (Å²) in [6.45, 7) is 2.61. The van der Waals surface area contributed by atoms with E-state index in [2.05, 4.69) is 4.98 Å². The number of hydrogen-bond acceptors (Lipinski definition) is 7. The Kier molecular flexibility index (Phi) is 8.22. The number of nitrogens with zero attached hydrogens (tertiary/aromatic N) is 3. The van der Waals surface area contributed by atoms with Crippen LogP contribution in [0, 0.1) is 0 Å². The highest BCUT2D eigenvalue weighted by atomic mass is 32.2. The Balaban J connectivity index is 1.61. The molecule has 218 valence electrons. The highest BCUT2D eigenvalue weighted by Gasteiger charge is 2.34. The number of para-hydroxylation sites is 1. The number of amides is 1. The Morgan fingerprint density at radius 2 is 1.67 bits per heavy atom. The minimum Gasteiger partial charge on any atom is -0.504 e. The summed E-state index contributed by atoms with van der Waals surface area (Å²) in [5, 5.41) is 22.6. The van der Waals surface area contributed by atoms with E-state index in [1.165, 1.54) is 17.0 Å². The molecule has 0 spiro atoms. The molecule has 0 atom stereocenters. The second kappa shape index (κ2) is 11.9. The van der Waals surface area contributed by atoms with Crippen molar-refractivity contribution in [2.24, 2.45) is 0 Å². The first-order valence-electron chi connectivity index (χ1n) is 14.1. The summed E-state index contributed by atoms with van der Waals surface area (Å²) in [6.07, 6.45) is 3.82. The van der Waals surface area contributed by atoms with Gasteiger partial charge in [0, 0.05) is 31.9 Å². The average Bonchev–Trinajstić information content (AvgIpc) is 2.99. The van der Waals surface area contributed by atoms with Crippen molar-refractivity contribution < 1.29 is 23.4 Å². The summed E-state index contributed by atoms with van der Waals surface area (Å²) >= 11 is 0. The summed E-state index contributed by atoms with van der Waals surface area (Å²) in [5.74, 6) is -1.40. The second-order valence-corrected chi connectivity index (χ2v) is 12.6. The molecule has 9 heteroatoms. The van der Waals surface area contributed by atoms with Gasteiger partial charge < -0.3 is 20.0 Å². The smallest absolute Gasteiger partial charge is 0.253 e. The average molecular weight is 586 g/mol. The van der Waals surface area contributed by atoms with Gasteiger partial charge in [-0.2, -0.15) is 0 Å². The lowest BCUT2D eigenvalue weighted by atomic mass is 9.99. The molecule has 0 unspecified atom stereocenters. The van der Waals surface area contributed by atoms with Crippen molar-refractivity contribution in [2.45, 2.75) is 48.8 Å². The lowest BCUT2D eigenvalue weighted by Crippen LogP contribution is -2.26. The summed E-state index contributed by atoms with van der Waals surface area (Å²) < 4.78 is 27.9. The highest BCUT2D eigenvalue weighted by Crippen LogP contribution is 2.47. The van der Waals surface area contributed by atoms with E-state index in [1.807, 2.05) is 42.2 Å². The normalized spacial score (nSPS) is 13.1. The van der Waals surface area contributed by atoms with Crippen LogP contribution in [-0.2, 0) is 22.7 Å². The molecular formula is C33H35N3O5S. The van der Waals surface area contributed by atoms with Gasteiger partial charge in [0.25, 0.3) is 5.91 Å². The fraction of sp³-hybridized carbons (Fsp3) is 0.273. The molecule has 2 heterocycles. The van der Waals surface area contributed by atoms with E-state index >= 15 is 0 Å². The third-order valence-corrected chi connectivity index (χ3v) is 9.42. The molecule has 3 aromatic carbocycles. The third-order valence-electron chi connectivity index (χ3n) is 7.61. The maximum atomic E-state index is 14.0. The number of hydrogen-bond donors (Lipinski definition) is 2. The Hall–Kier alpha value is -4.37. The van der Waals surface area contributed by atoms with Gasteiger partial charge in [0.15, 0.2) is 10.6 Å². The van der Waals surface area contributed by atoms with Gasteiger partial charge in [0.2, 0.25) is 15.7 Å². The maximum Gasteiger partial charge on any atom is 0.253 e. The number of carbonyl (C=O) groups is 1. The third kappa shape index (κ3) is 5.32. The van der Waals surface area contributed by atoms with Crippen molar-refractivity contribution in [3.8, 4) is 22.8 Å². The molecular weight excluding hydrogens is 550 g/mol. The summed E-state index contributed by atoms with van der Waals surface area (Å²) in [7, 11) is -1.03. The number of pyridine rings is 1. The van der Waals surface area contributed by atoms with E-state index < -0.39 is 26.4 Å². The Morgan fingerprint density at radius 1 is 0.976 bits per heavy atom. The standard InChI is InChI=1S/C33H35N3O5S/c1-4-5-15-27-29(36-21-10-12-23-11-6-9-16-28(23)36)30(37)31(32(38)34-27)42(40,41)24-19-17-22(18-20-24)25-13-7-8-14-26(25)33(39)35(2)3/h6-9,11,13-14,16-20H,4-5,10,12,15,21H2,1-3H3,(H2,34,37,38). The zero-order valence-electron chi connectivity index (χ0n) is 24.0. The maximum absolute atomic E-state index is 14.0. The van der Waals surface area contributed by atoms with Crippen molar-refractivity contribution in [3.63, 3.8) is 0 Å².